The number of nitrogens with zero attached hydrogens (tertiary/aromatic N) is 1. The topological polar surface area (TPSA) is 15.3 Å². The summed E-state index contributed by atoms with van der Waals surface area (Å²) in [4.78, 5) is 2.01. The molecule has 1 heterocycles. The highest BCUT2D eigenvalue weighted by Crippen LogP contribution is 2.27. The van der Waals surface area contributed by atoms with Gasteiger partial charge in [0.1, 0.15) is 0 Å². The van der Waals surface area contributed by atoms with Crippen LogP contribution in [0.3, 0.4) is 0 Å². The zero-order chi connectivity index (χ0) is 13.1. The lowest BCUT2D eigenvalue weighted by atomic mass is 9.91. The number of hydrogen-bond donors (Lipinski definition) is 1. The molecule has 0 saturated carbocycles. The van der Waals surface area contributed by atoms with Crippen molar-refractivity contribution in [2.24, 2.45) is 0 Å². The Morgan fingerprint density at radius 3 is 2.47 bits per heavy atom. The fourth-order valence-corrected chi connectivity index (χ4v) is 2.27. The number of alkyl halides is 3. The standard InChI is InChI=1S/C12H23F3N2/c1-4-10-8-17(7-6-12(13,14)15)11(3,5-2)9-16-10/h10,16H,4-9H2,1-3H3. The van der Waals surface area contributed by atoms with E-state index in [4.69, 9.17) is 0 Å². The molecule has 1 aliphatic rings. The molecule has 1 rings (SSSR count). The Morgan fingerprint density at radius 2 is 2.00 bits per heavy atom. The zero-order valence-corrected chi connectivity index (χ0v) is 10.9. The smallest absolute Gasteiger partial charge is 0.311 e. The number of halogens is 3. The lowest BCUT2D eigenvalue weighted by Crippen LogP contribution is -2.63. The number of rotatable bonds is 4. The van der Waals surface area contributed by atoms with Crippen LogP contribution in [-0.2, 0) is 0 Å². The van der Waals surface area contributed by atoms with E-state index in [9.17, 15) is 13.2 Å². The fraction of sp³-hybridized carbons (Fsp3) is 1.00. The molecule has 2 nitrogen and oxygen atoms in total. The second-order valence-electron chi connectivity index (χ2n) is 5.15. The first-order chi connectivity index (χ1) is 7.80. The lowest BCUT2D eigenvalue weighted by Gasteiger charge is -2.48. The number of piperazine rings is 1. The van der Waals surface area contributed by atoms with Crippen molar-refractivity contribution in [3.63, 3.8) is 0 Å². The third-order valence-corrected chi connectivity index (χ3v) is 3.90. The Hall–Kier alpha value is -0.290. The van der Waals surface area contributed by atoms with Gasteiger partial charge >= 0.3 is 6.18 Å². The van der Waals surface area contributed by atoms with Gasteiger partial charge in [-0.3, -0.25) is 4.90 Å². The molecule has 2 atom stereocenters. The van der Waals surface area contributed by atoms with E-state index in [1.54, 1.807) is 0 Å². The molecule has 0 amide bonds. The quantitative estimate of drug-likeness (QED) is 0.827. The van der Waals surface area contributed by atoms with E-state index in [1.807, 2.05) is 18.7 Å². The Bertz CT molecular complexity index is 242. The first kappa shape index (κ1) is 14.8. The van der Waals surface area contributed by atoms with Gasteiger partial charge in [-0.1, -0.05) is 13.8 Å². The average Bonchev–Trinajstić information content (AvgIpc) is 2.27. The summed E-state index contributed by atoms with van der Waals surface area (Å²) < 4.78 is 36.9. The maximum atomic E-state index is 12.3. The second-order valence-corrected chi connectivity index (χ2v) is 5.15. The average molecular weight is 252 g/mol. The van der Waals surface area contributed by atoms with Crippen molar-refractivity contribution >= 4 is 0 Å². The van der Waals surface area contributed by atoms with Crippen molar-refractivity contribution in [1.29, 1.82) is 0 Å². The van der Waals surface area contributed by atoms with Crippen LogP contribution in [0.2, 0.25) is 0 Å². The minimum atomic E-state index is -4.05. The Balaban J connectivity index is 2.61. The highest BCUT2D eigenvalue weighted by atomic mass is 19.4. The third kappa shape index (κ3) is 4.14. The van der Waals surface area contributed by atoms with Crippen LogP contribution in [0.5, 0.6) is 0 Å². The molecular weight excluding hydrogens is 229 g/mol. The number of hydrogen-bond acceptors (Lipinski definition) is 2. The minimum Gasteiger partial charge on any atom is -0.311 e. The van der Waals surface area contributed by atoms with Gasteiger partial charge in [0.15, 0.2) is 0 Å². The largest absolute Gasteiger partial charge is 0.390 e. The van der Waals surface area contributed by atoms with E-state index in [0.717, 1.165) is 25.9 Å². The van der Waals surface area contributed by atoms with Gasteiger partial charge in [0, 0.05) is 31.2 Å². The monoisotopic (exact) mass is 252 g/mol. The lowest BCUT2D eigenvalue weighted by molar-refractivity contribution is -0.142. The summed E-state index contributed by atoms with van der Waals surface area (Å²) in [5, 5.41) is 3.41. The molecule has 5 heteroatoms. The van der Waals surface area contributed by atoms with Gasteiger partial charge in [0.2, 0.25) is 0 Å². The van der Waals surface area contributed by atoms with Crippen molar-refractivity contribution in [3.05, 3.63) is 0 Å². The molecule has 1 N–H and O–H groups in total. The fourth-order valence-electron chi connectivity index (χ4n) is 2.27. The van der Waals surface area contributed by atoms with Crippen LogP contribution < -0.4 is 5.32 Å². The van der Waals surface area contributed by atoms with Crippen molar-refractivity contribution < 1.29 is 13.2 Å². The van der Waals surface area contributed by atoms with E-state index >= 15 is 0 Å². The predicted molar refractivity (Wildman–Crippen MR) is 63.0 cm³/mol. The van der Waals surface area contributed by atoms with Gasteiger partial charge in [0.05, 0.1) is 6.42 Å². The summed E-state index contributed by atoms with van der Waals surface area (Å²) in [5.41, 5.74) is -0.142. The summed E-state index contributed by atoms with van der Waals surface area (Å²) in [6, 6.07) is 0.322. The molecule has 2 unspecified atom stereocenters. The molecule has 0 aromatic rings. The minimum absolute atomic E-state index is 0.117. The van der Waals surface area contributed by atoms with Crippen LogP contribution in [0.4, 0.5) is 13.2 Å². The van der Waals surface area contributed by atoms with Crippen LogP contribution in [0.25, 0.3) is 0 Å². The van der Waals surface area contributed by atoms with Crippen LogP contribution in [0.1, 0.15) is 40.0 Å². The first-order valence-corrected chi connectivity index (χ1v) is 6.36. The van der Waals surface area contributed by atoms with Gasteiger partial charge in [-0.2, -0.15) is 13.2 Å². The van der Waals surface area contributed by atoms with Crippen molar-refractivity contribution in [3.8, 4) is 0 Å². The number of nitrogens with one attached hydrogen (secondary N) is 1. The maximum Gasteiger partial charge on any atom is 0.390 e. The summed E-state index contributed by atoms with van der Waals surface area (Å²) in [7, 11) is 0. The van der Waals surface area contributed by atoms with Crippen LogP contribution in [-0.4, -0.2) is 42.3 Å². The zero-order valence-electron chi connectivity index (χ0n) is 10.9. The molecule has 17 heavy (non-hydrogen) atoms. The van der Waals surface area contributed by atoms with Crippen molar-refractivity contribution in [1.82, 2.24) is 10.2 Å². The van der Waals surface area contributed by atoms with Crippen LogP contribution >= 0.6 is 0 Å². The molecule has 0 aliphatic carbocycles. The normalized spacial score (nSPS) is 31.8. The Kier molecular flexibility index (Phi) is 4.84. The molecule has 0 spiro atoms. The Labute approximate surface area is 102 Å². The second kappa shape index (κ2) is 5.57. The van der Waals surface area contributed by atoms with E-state index in [2.05, 4.69) is 12.2 Å². The molecule has 0 aromatic heterocycles. The third-order valence-electron chi connectivity index (χ3n) is 3.90. The summed E-state index contributed by atoms with van der Waals surface area (Å²) in [6.07, 6.45) is -2.93. The van der Waals surface area contributed by atoms with Gasteiger partial charge < -0.3 is 5.32 Å². The molecule has 0 aromatic carbocycles. The van der Waals surface area contributed by atoms with Crippen molar-refractivity contribution in [2.75, 3.05) is 19.6 Å². The van der Waals surface area contributed by atoms with Gasteiger partial charge in [-0.15, -0.1) is 0 Å². The maximum absolute atomic E-state index is 12.3. The Morgan fingerprint density at radius 1 is 1.35 bits per heavy atom. The van der Waals surface area contributed by atoms with Gasteiger partial charge in [-0.05, 0) is 19.8 Å². The molecule has 1 saturated heterocycles. The van der Waals surface area contributed by atoms with E-state index in [-0.39, 0.29) is 12.1 Å². The van der Waals surface area contributed by atoms with Crippen LogP contribution in [0.15, 0.2) is 0 Å². The summed E-state index contributed by atoms with van der Waals surface area (Å²) in [6.45, 7) is 7.76. The van der Waals surface area contributed by atoms with E-state index < -0.39 is 12.6 Å². The van der Waals surface area contributed by atoms with Crippen molar-refractivity contribution in [2.45, 2.75) is 57.8 Å². The van der Waals surface area contributed by atoms with Gasteiger partial charge in [0.25, 0.3) is 0 Å². The molecule has 1 aliphatic heterocycles. The molecule has 102 valence electrons. The van der Waals surface area contributed by atoms with Gasteiger partial charge in [-0.25, -0.2) is 0 Å². The molecule has 0 radical (unpaired) electrons. The van der Waals surface area contributed by atoms with E-state index in [0.29, 0.717) is 6.04 Å². The predicted octanol–water partition coefficient (Wildman–Crippen LogP) is 2.79. The highest BCUT2D eigenvalue weighted by molar-refractivity contribution is 4.94. The molecule has 1 fully saturated rings. The molecular formula is C12H23F3N2. The van der Waals surface area contributed by atoms with E-state index in [1.165, 1.54) is 0 Å². The first-order valence-electron chi connectivity index (χ1n) is 6.36. The summed E-state index contributed by atoms with van der Waals surface area (Å²) in [5.74, 6) is 0. The SMILES string of the molecule is CCC1CN(CCC(F)(F)F)C(C)(CC)CN1. The molecule has 0 bridgehead atoms. The summed E-state index contributed by atoms with van der Waals surface area (Å²) >= 11 is 0. The van der Waals surface area contributed by atoms with Crippen LogP contribution in [0, 0.1) is 0 Å². The highest BCUT2D eigenvalue weighted by Gasteiger charge is 2.38.